The minimum atomic E-state index is -0.0326. The van der Waals surface area contributed by atoms with Gasteiger partial charge in [-0.2, -0.15) is 0 Å². The van der Waals surface area contributed by atoms with E-state index in [1.54, 1.807) is 11.5 Å². The minimum Gasteiger partial charge on any atom is -0.496 e. The highest BCUT2D eigenvalue weighted by Crippen LogP contribution is 2.45. The summed E-state index contributed by atoms with van der Waals surface area (Å²) in [6.45, 7) is 6.82. The fraction of sp³-hybridized carbons (Fsp3) is 0.333. The summed E-state index contributed by atoms with van der Waals surface area (Å²) in [6.07, 6.45) is 3.02. The summed E-state index contributed by atoms with van der Waals surface area (Å²) < 4.78 is 8.09. The molecule has 0 N–H and O–H groups in total. The third-order valence-corrected chi connectivity index (χ3v) is 7.39. The molecule has 30 heavy (non-hydrogen) atoms. The molecule has 2 aromatic carbocycles. The molecule has 0 amide bonds. The molecule has 1 atom stereocenters. The van der Waals surface area contributed by atoms with Crippen molar-refractivity contribution in [3.8, 4) is 5.75 Å². The fourth-order valence-corrected chi connectivity index (χ4v) is 5.63. The van der Waals surface area contributed by atoms with Crippen molar-refractivity contribution in [2.45, 2.75) is 38.6 Å². The molecule has 6 heteroatoms. The Bertz CT molecular complexity index is 1400. The Morgan fingerprint density at radius 3 is 2.80 bits per heavy atom. The van der Waals surface area contributed by atoms with Crippen molar-refractivity contribution in [3.63, 3.8) is 0 Å². The second-order valence-corrected chi connectivity index (χ2v) is 9.77. The zero-order valence-corrected chi connectivity index (χ0v) is 18.7. The maximum atomic E-state index is 13.2. The third-order valence-electron chi connectivity index (χ3n) is 6.42. The molecule has 5 rings (SSSR count). The Morgan fingerprint density at radius 2 is 2.03 bits per heavy atom. The average molecular weight is 420 g/mol. The topological polar surface area (TPSA) is 46.8 Å². The monoisotopic (exact) mass is 419 g/mol. The average Bonchev–Trinajstić information content (AvgIpc) is 3.22. The fourth-order valence-electron chi connectivity index (χ4n) is 4.65. The van der Waals surface area contributed by atoms with Gasteiger partial charge in [-0.05, 0) is 56.0 Å². The molecule has 1 aliphatic rings. The van der Waals surface area contributed by atoms with Crippen LogP contribution in [0.3, 0.4) is 0 Å². The van der Waals surface area contributed by atoms with E-state index < -0.39 is 0 Å². The summed E-state index contributed by atoms with van der Waals surface area (Å²) in [5, 5.41) is 0. The number of para-hydroxylation sites is 2. The summed E-state index contributed by atoms with van der Waals surface area (Å²) in [5.41, 5.74) is 5.17. The molecule has 0 spiro atoms. The predicted molar refractivity (Wildman–Crippen MR) is 124 cm³/mol. The Morgan fingerprint density at radius 1 is 1.27 bits per heavy atom. The highest BCUT2D eigenvalue weighted by Gasteiger charge is 2.34. The van der Waals surface area contributed by atoms with E-state index in [1.807, 2.05) is 30.3 Å². The number of fused-ring (bicyclic) bond motifs is 4. The van der Waals surface area contributed by atoms with Gasteiger partial charge in [0.15, 0.2) is 4.96 Å². The highest BCUT2D eigenvalue weighted by molar-refractivity contribution is 7.15. The van der Waals surface area contributed by atoms with Gasteiger partial charge in [-0.3, -0.25) is 4.79 Å². The number of hydrogen-bond acceptors (Lipinski definition) is 5. The number of thiazole rings is 1. The first-order valence-electron chi connectivity index (χ1n) is 10.2. The van der Waals surface area contributed by atoms with Crippen molar-refractivity contribution in [2.75, 3.05) is 19.1 Å². The third kappa shape index (κ3) is 2.74. The Labute approximate surface area is 179 Å². The number of rotatable bonds is 2. The van der Waals surface area contributed by atoms with Crippen molar-refractivity contribution in [2.24, 2.45) is 0 Å². The van der Waals surface area contributed by atoms with Gasteiger partial charge in [-0.25, -0.2) is 9.38 Å². The predicted octanol–water partition coefficient (Wildman–Crippen LogP) is 4.19. The van der Waals surface area contributed by atoms with Crippen molar-refractivity contribution < 1.29 is 4.74 Å². The van der Waals surface area contributed by atoms with Crippen molar-refractivity contribution >= 4 is 39.1 Å². The highest BCUT2D eigenvalue weighted by atomic mass is 32.1. The second kappa shape index (κ2) is 6.57. The zero-order chi connectivity index (χ0) is 21.2. The van der Waals surface area contributed by atoms with E-state index in [0.717, 1.165) is 33.7 Å². The van der Waals surface area contributed by atoms with E-state index >= 15 is 0 Å². The van der Waals surface area contributed by atoms with Crippen molar-refractivity contribution in [1.82, 2.24) is 9.38 Å². The summed E-state index contributed by atoms with van der Waals surface area (Å²) in [7, 11) is 3.83. The molecule has 4 aromatic rings. The molecule has 0 aliphatic carbocycles. The van der Waals surface area contributed by atoms with Gasteiger partial charge in [0, 0.05) is 29.9 Å². The molecule has 0 radical (unpaired) electrons. The van der Waals surface area contributed by atoms with Gasteiger partial charge in [0.25, 0.3) is 5.56 Å². The minimum absolute atomic E-state index is 0.0326. The first kappa shape index (κ1) is 19.1. The van der Waals surface area contributed by atoms with E-state index in [4.69, 9.17) is 4.74 Å². The lowest BCUT2D eigenvalue weighted by Gasteiger charge is -2.45. The van der Waals surface area contributed by atoms with Gasteiger partial charge in [0.1, 0.15) is 5.75 Å². The van der Waals surface area contributed by atoms with Crippen LogP contribution in [0.5, 0.6) is 5.75 Å². The van der Waals surface area contributed by atoms with E-state index in [0.29, 0.717) is 10.5 Å². The number of methoxy groups -OCH3 is 1. The first-order chi connectivity index (χ1) is 14.3. The molecule has 0 bridgehead atoms. The second-order valence-electron chi connectivity index (χ2n) is 8.76. The maximum absolute atomic E-state index is 13.2. The molecule has 3 heterocycles. The van der Waals surface area contributed by atoms with Crippen molar-refractivity contribution in [1.29, 1.82) is 0 Å². The van der Waals surface area contributed by atoms with Gasteiger partial charge < -0.3 is 9.64 Å². The number of ether oxygens (including phenoxy) is 1. The number of imidazole rings is 1. The van der Waals surface area contributed by atoms with Gasteiger partial charge in [-0.1, -0.05) is 30.4 Å². The Kier molecular flexibility index (Phi) is 4.19. The van der Waals surface area contributed by atoms with Crippen LogP contribution in [0.2, 0.25) is 0 Å². The molecule has 1 aliphatic heterocycles. The first-order valence-corrected chi connectivity index (χ1v) is 11.0. The molecule has 0 fully saturated rings. The van der Waals surface area contributed by atoms with Gasteiger partial charge >= 0.3 is 0 Å². The van der Waals surface area contributed by atoms with Crippen LogP contribution in [0.25, 0.3) is 22.1 Å². The summed E-state index contributed by atoms with van der Waals surface area (Å²) >= 11 is 1.42. The van der Waals surface area contributed by atoms with Gasteiger partial charge in [0.05, 0.1) is 22.7 Å². The lowest BCUT2D eigenvalue weighted by Crippen LogP contribution is -2.45. The standard InChI is InChI=1S/C24H25N3O2S/c1-14-13-24(2,3)26(4)19-12-20(29-5)15(10-16(14)19)11-21-22(28)27-18-9-7-6-8-17(18)25-23(27)30-21/h6-12,14H,13H2,1-5H3/b21-11+. The summed E-state index contributed by atoms with van der Waals surface area (Å²) in [4.78, 5) is 20.8. The maximum Gasteiger partial charge on any atom is 0.274 e. The smallest absolute Gasteiger partial charge is 0.274 e. The van der Waals surface area contributed by atoms with Crippen LogP contribution < -0.4 is 19.7 Å². The lowest BCUT2D eigenvalue weighted by molar-refractivity contribution is 0.389. The summed E-state index contributed by atoms with van der Waals surface area (Å²) in [6, 6.07) is 12.0. The molecular formula is C24H25N3O2S. The number of nitrogens with zero attached hydrogens (tertiary/aromatic N) is 3. The van der Waals surface area contributed by atoms with Gasteiger partial charge in [0.2, 0.25) is 0 Å². The number of anilines is 1. The summed E-state index contributed by atoms with van der Waals surface area (Å²) in [5.74, 6) is 1.21. The molecular weight excluding hydrogens is 394 g/mol. The molecule has 5 nitrogen and oxygen atoms in total. The van der Waals surface area contributed by atoms with E-state index in [2.05, 4.69) is 49.8 Å². The lowest BCUT2D eigenvalue weighted by atomic mass is 9.80. The quantitative estimate of drug-likeness (QED) is 0.489. The zero-order valence-electron chi connectivity index (χ0n) is 17.9. The normalized spacial score (nSPS) is 18.9. The molecule has 154 valence electrons. The van der Waals surface area contributed by atoms with Crippen LogP contribution in [-0.2, 0) is 0 Å². The van der Waals surface area contributed by atoms with Crippen LogP contribution in [0.1, 0.15) is 44.2 Å². The van der Waals surface area contributed by atoms with E-state index in [1.165, 1.54) is 22.6 Å². The number of benzene rings is 2. The van der Waals surface area contributed by atoms with E-state index in [-0.39, 0.29) is 11.1 Å². The number of hydrogen-bond donors (Lipinski definition) is 0. The molecule has 2 aromatic heterocycles. The van der Waals surface area contributed by atoms with E-state index in [9.17, 15) is 4.79 Å². The molecule has 1 unspecified atom stereocenters. The Hall–Kier alpha value is -2.86. The van der Waals surface area contributed by atoms with Crippen LogP contribution >= 0.6 is 11.3 Å². The van der Waals surface area contributed by atoms with Crippen LogP contribution in [0.15, 0.2) is 41.2 Å². The number of aromatic nitrogens is 2. The van der Waals surface area contributed by atoms with Crippen LogP contribution in [0, 0.1) is 0 Å². The van der Waals surface area contributed by atoms with Crippen molar-refractivity contribution in [3.05, 3.63) is 62.4 Å². The molecule has 0 saturated carbocycles. The van der Waals surface area contributed by atoms with Crippen LogP contribution in [0.4, 0.5) is 5.69 Å². The Balaban J connectivity index is 1.72. The SMILES string of the molecule is COc1cc2c(cc1/C=c1/sc3nc4ccccc4n3c1=O)C(C)CC(C)(C)N2C. The largest absolute Gasteiger partial charge is 0.496 e. The van der Waals surface area contributed by atoms with Gasteiger partial charge in [-0.15, -0.1) is 0 Å². The molecule has 0 saturated heterocycles. The van der Waals surface area contributed by atoms with Crippen LogP contribution in [-0.4, -0.2) is 29.1 Å².